The van der Waals surface area contributed by atoms with Gasteiger partial charge in [0.1, 0.15) is 5.54 Å². The first-order chi connectivity index (χ1) is 9.67. The maximum atomic E-state index is 11.9. The van der Waals surface area contributed by atoms with Crippen molar-refractivity contribution in [2.75, 3.05) is 11.9 Å². The number of amides is 1. The third-order valence-corrected chi connectivity index (χ3v) is 3.87. The molecule has 0 aromatic heterocycles. The van der Waals surface area contributed by atoms with E-state index >= 15 is 0 Å². The minimum Gasteiger partial charge on any atom is -0.376 e. The lowest BCUT2D eigenvalue weighted by Crippen LogP contribution is -2.47. The second-order valence-corrected chi connectivity index (χ2v) is 5.35. The number of nitrogens with one attached hydrogen (secondary N) is 2. The Morgan fingerprint density at radius 2 is 1.95 bits per heavy atom. The van der Waals surface area contributed by atoms with Gasteiger partial charge in [-0.25, -0.2) is 0 Å². The van der Waals surface area contributed by atoms with Crippen molar-refractivity contribution in [2.24, 2.45) is 0 Å². The normalized spacial score (nSPS) is 16.4. The SMILES string of the molecule is CCc1ccc(NCC(=O)NC2(C#N)CCCC2)cc1. The smallest absolute Gasteiger partial charge is 0.240 e. The molecular weight excluding hydrogens is 250 g/mol. The second-order valence-electron chi connectivity index (χ2n) is 5.35. The number of carbonyl (C=O) groups is 1. The summed E-state index contributed by atoms with van der Waals surface area (Å²) in [6, 6.07) is 10.3. The fourth-order valence-corrected chi connectivity index (χ4v) is 2.60. The molecular formula is C16H21N3O. The average molecular weight is 271 g/mol. The van der Waals surface area contributed by atoms with E-state index in [1.807, 2.05) is 24.3 Å². The lowest BCUT2D eigenvalue weighted by Gasteiger charge is -2.22. The van der Waals surface area contributed by atoms with Crippen molar-refractivity contribution in [3.8, 4) is 6.07 Å². The highest BCUT2D eigenvalue weighted by molar-refractivity contribution is 5.81. The van der Waals surface area contributed by atoms with Gasteiger partial charge in [0.25, 0.3) is 0 Å². The Bertz CT molecular complexity index is 495. The van der Waals surface area contributed by atoms with Crippen LogP contribution in [0.3, 0.4) is 0 Å². The van der Waals surface area contributed by atoms with Gasteiger partial charge in [0, 0.05) is 5.69 Å². The Balaban J connectivity index is 1.84. The predicted molar refractivity (Wildman–Crippen MR) is 79.3 cm³/mol. The molecule has 20 heavy (non-hydrogen) atoms. The van der Waals surface area contributed by atoms with Crippen LogP contribution in [0.15, 0.2) is 24.3 Å². The molecule has 1 aromatic rings. The highest BCUT2D eigenvalue weighted by Crippen LogP contribution is 2.28. The predicted octanol–water partition coefficient (Wildman–Crippen LogP) is 2.61. The first kappa shape index (κ1) is 14.4. The van der Waals surface area contributed by atoms with Crippen LogP contribution in [0.25, 0.3) is 0 Å². The molecule has 4 nitrogen and oxygen atoms in total. The molecule has 0 radical (unpaired) electrons. The summed E-state index contributed by atoms with van der Waals surface area (Å²) in [6.07, 6.45) is 4.56. The molecule has 0 atom stereocenters. The molecule has 4 heteroatoms. The molecule has 1 aliphatic rings. The first-order valence-corrected chi connectivity index (χ1v) is 7.22. The number of hydrogen-bond donors (Lipinski definition) is 2. The van der Waals surface area contributed by atoms with Gasteiger partial charge in [-0.05, 0) is 49.8 Å². The molecule has 0 unspecified atom stereocenters. The number of rotatable bonds is 5. The Kier molecular flexibility index (Phi) is 4.62. The van der Waals surface area contributed by atoms with Crippen LogP contribution in [-0.4, -0.2) is 18.0 Å². The quantitative estimate of drug-likeness (QED) is 0.865. The monoisotopic (exact) mass is 271 g/mol. The van der Waals surface area contributed by atoms with Crippen LogP contribution < -0.4 is 10.6 Å². The molecule has 1 saturated carbocycles. The van der Waals surface area contributed by atoms with E-state index in [0.29, 0.717) is 0 Å². The van der Waals surface area contributed by atoms with Crippen LogP contribution in [0, 0.1) is 11.3 Å². The lowest BCUT2D eigenvalue weighted by molar-refractivity contribution is -0.120. The molecule has 1 aromatic carbocycles. The molecule has 0 aliphatic heterocycles. The van der Waals surface area contributed by atoms with Crippen LogP contribution in [0.4, 0.5) is 5.69 Å². The highest BCUT2D eigenvalue weighted by atomic mass is 16.2. The van der Waals surface area contributed by atoms with E-state index < -0.39 is 5.54 Å². The van der Waals surface area contributed by atoms with E-state index in [0.717, 1.165) is 37.8 Å². The molecule has 0 saturated heterocycles. The van der Waals surface area contributed by atoms with Gasteiger partial charge >= 0.3 is 0 Å². The van der Waals surface area contributed by atoms with Crippen LogP contribution >= 0.6 is 0 Å². The van der Waals surface area contributed by atoms with Gasteiger partial charge in [0.2, 0.25) is 5.91 Å². The van der Waals surface area contributed by atoms with Crippen LogP contribution in [0.2, 0.25) is 0 Å². The largest absolute Gasteiger partial charge is 0.376 e. The topological polar surface area (TPSA) is 64.9 Å². The third kappa shape index (κ3) is 3.51. The maximum Gasteiger partial charge on any atom is 0.240 e. The van der Waals surface area contributed by atoms with Crippen molar-refractivity contribution >= 4 is 11.6 Å². The van der Waals surface area contributed by atoms with E-state index in [4.69, 9.17) is 0 Å². The minimum absolute atomic E-state index is 0.118. The molecule has 1 aliphatic carbocycles. The summed E-state index contributed by atoms with van der Waals surface area (Å²) in [5.74, 6) is -0.118. The summed E-state index contributed by atoms with van der Waals surface area (Å²) in [5.41, 5.74) is 1.56. The summed E-state index contributed by atoms with van der Waals surface area (Å²) >= 11 is 0. The van der Waals surface area contributed by atoms with Gasteiger partial charge in [-0.2, -0.15) is 5.26 Å². The molecule has 2 rings (SSSR count). The number of aryl methyl sites for hydroxylation is 1. The van der Waals surface area contributed by atoms with Crippen LogP contribution in [0.1, 0.15) is 38.2 Å². The maximum absolute atomic E-state index is 11.9. The van der Waals surface area contributed by atoms with Crippen molar-refractivity contribution in [1.82, 2.24) is 5.32 Å². The van der Waals surface area contributed by atoms with Gasteiger partial charge in [0.15, 0.2) is 0 Å². The standard InChI is InChI=1S/C16H21N3O/c1-2-13-5-7-14(8-6-13)18-11-15(20)19-16(12-17)9-3-4-10-16/h5-8,18H,2-4,9-11H2,1H3,(H,19,20). The summed E-state index contributed by atoms with van der Waals surface area (Å²) in [5, 5.41) is 15.2. The summed E-state index contributed by atoms with van der Waals surface area (Å²) in [7, 11) is 0. The Hall–Kier alpha value is -2.02. The number of anilines is 1. The zero-order valence-electron chi connectivity index (χ0n) is 11.9. The second kappa shape index (κ2) is 6.42. The number of carbonyl (C=O) groups excluding carboxylic acids is 1. The van der Waals surface area contributed by atoms with Crippen molar-refractivity contribution in [2.45, 2.75) is 44.6 Å². The van der Waals surface area contributed by atoms with E-state index in [2.05, 4.69) is 23.6 Å². The van der Waals surface area contributed by atoms with Crippen molar-refractivity contribution < 1.29 is 4.79 Å². The number of benzene rings is 1. The zero-order valence-corrected chi connectivity index (χ0v) is 11.9. The van der Waals surface area contributed by atoms with Gasteiger partial charge < -0.3 is 10.6 Å². The molecule has 2 N–H and O–H groups in total. The van der Waals surface area contributed by atoms with Crippen molar-refractivity contribution in [3.05, 3.63) is 29.8 Å². The van der Waals surface area contributed by atoms with E-state index in [1.165, 1.54) is 5.56 Å². The summed E-state index contributed by atoms with van der Waals surface area (Å²) in [6.45, 7) is 2.31. The highest BCUT2D eigenvalue weighted by Gasteiger charge is 2.35. The summed E-state index contributed by atoms with van der Waals surface area (Å²) < 4.78 is 0. The third-order valence-electron chi connectivity index (χ3n) is 3.87. The molecule has 0 bridgehead atoms. The summed E-state index contributed by atoms with van der Waals surface area (Å²) in [4.78, 5) is 11.9. The van der Waals surface area contributed by atoms with Gasteiger partial charge in [-0.1, -0.05) is 19.1 Å². The average Bonchev–Trinajstić information content (AvgIpc) is 2.95. The fourth-order valence-electron chi connectivity index (χ4n) is 2.60. The van der Waals surface area contributed by atoms with E-state index in [9.17, 15) is 10.1 Å². The minimum atomic E-state index is -0.634. The lowest BCUT2D eigenvalue weighted by atomic mass is 10.00. The van der Waals surface area contributed by atoms with E-state index in [-0.39, 0.29) is 12.5 Å². The Morgan fingerprint density at radius 3 is 2.50 bits per heavy atom. The number of hydrogen-bond acceptors (Lipinski definition) is 3. The van der Waals surface area contributed by atoms with E-state index in [1.54, 1.807) is 0 Å². The molecule has 1 fully saturated rings. The molecule has 0 spiro atoms. The zero-order chi connectivity index (χ0) is 14.4. The number of nitriles is 1. The molecule has 1 amide bonds. The number of nitrogens with zero attached hydrogens (tertiary/aromatic N) is 1. The van der Waals surface area contributed by atoms with Crippen LogP contribution in [-0.2, 0) is 11.2 Å². The molecule has 106 valence electrons. The van der Waals surface area contributed by atoms with Crippen molar-refractivity contribution in [3.63, 3.8) is 0 Å². The fraction of sp³-hybridized carbons (Fsp3) is 0.500. The van der Waals surface area contributed by atoms with Gasteiger partial charge in [-0.3, -0.25) is 4.79 Å². The Morgan fingerprint density at radius 1 is 1.30 bits per heavy atom. The first-order valence-electron chi connectivity index (χ1n) is 7.22. The molecule has 0 heterocycles. The van der Waals surface area contributed by atoms with Gasteiger partial charge in [0.05, 0.1) is 12.6 Å². The van der Waals surface area contributed by atoms with Gasteiger partial charge in [-0.15, -0.1) is 0 Å². The van der Waals surface area contributed by atoms with Crippen molar-refractivity contribution in [1.29, 1.82) is 5.26 Å². The van der Waals surface area contributed by atoms with Crippen LogP contribution in [0.5, 0.6) is 0 Å². The Labute approximate surface area is 120 Å².